The van der Waals surface area contributed by atoms with E-state index >= 15 is 0 Å². The number of benzene rings is 1. The molecule has 0 fully saturated rings. The summed E-state index contributed by atoms with van der Waals surface area (Å²) in [4.78, 5) is 11.3. The Morgan fingerprint density at radius 3 is 3.19 bits per heavy atom. The number of carbonyl (C=O) groups is 1. The average Bonchev–Trinajstić information content (AvgIpc) is 2.28. The van der Waals surface area contributed by atoms with Gasteiger partial charge in [-0.3, -0.25) is 4.79 Å². The molecular formula is C12H14ClNO2. The molecule has 1 N–H and O–H groups in total. The highest BCUT2D eigenvalue weighted by molar-refractivity contribution is 6.30. The Hall–Kier alpha value is -1.06. The molecule has 0 spiro atoms. The van der Waals surface area contributed by atoms with Crippen molar-refractivity contribution in [3.05, 3.63) is 34.3 Å². The minimum Gasteiger partial charge on any atom is -0.469 e. The molecule has 1 unspecified atom stereocenters. The summed E-state index contributed by atoms with van der Waals surface area (Å²) in [6.45, 7) is 1.62. The van der Waals surface area contributed by atoms with Crippen LogP contribution >= 0.6 is 11.6 Å². The van der Waals surface area contributed by atoms with Crippen LogP contribution in [0.5, 0.6) is 0 Å². The van der Waals surface area contributed by atoms with Gasteiger partial charge < -0.3 is 10.1 Å². The summed E-state index contributed by atoms with van der Waals surface area (Å²) >= 11 is 5.94. The minimum atomic E-state index is -0.172. The maximum atomic E-state index is 11.3. The number of rotatable bonds is 2. The molecule has 0 aromatic heterocycles. The molecular weight excluding hydrogens is 226 g/mol. The first-order valence-electron chi connectivity index (χ1n) is 5.26. The fourth-order valence-electron chi connectivity index (χ4n) is 2.08. The topological polar surface area (TPSA) is 38.3 Å². The monoisotopic (exact) mass is 239 g/mol. The van der Waals surface area contributed by atoms with Gasteiger partial charge in [0.1, 0.15) is 0 Å². The maximum Gasteiger partial charge on any atom is 0.306 e. The largest absolute Gasteiger partial charge is 0.469 e. The van der Waals surface area contributed by atoms with E-state index in [1.165, 1.54) is 18.2 Å². The molecule has 0 saturated carbocycles. The third-order valence-electron chi connectivity index (χ3n) is 2.89. The van der Waals surface area contributed by atoms with Crippen molar-refractivity contribution in [3.63, 3.8) is 0 Å². The van der Waals surface area contributed by atoms with Gasteiger partial charge in [-0.05, 0) is 23.3 Å². The standard InChI is InChI=1S/C12H14ClNO2/c1-16-12(15)5-9-7-14-6-8-4-10(13)2-3-11(8)9/h2-4,9,14H,5-7H2,1H3. The van der Waals surface area contributed by atoms with E-state index in [1.807, 2.05) is 18.2 Å². The molecule has 0 bridgehead atoms. The van der Waals surface area contributed by atoms with Gasteiger partial charge in [0.2, 0.25) is 0 Å². The van der Waals surface area contributed by atoms with Crippen molar-refractivity contribution in [2.75, 3.05) is 13.7 Å². The number of fused-ring (bicyclic) bond motifs is 1. The lowest BCUT2D eigenvalue weighted by molar-refractivity contribution is -0.141. The highest BCUT2D eigenvalue weighted by Gasteiger charge is 2.22. The molecule has 1 aromatic carbocycles. The Morgan fingerprint density at radius 2 is 2.44 bits per heavy atom. The van der Waals surface area contributed by atoms with Gasteiger partial charge in [0.25, 0.3) is 0 Å². The van der Waals surface area contributed by atoms with Crippen molar-refractivity contribution >= 4 is 17.6 Å². The van der Waals surface area contributed by atoms with E-state index in [4.69, 9.17) is 16.3 Å². The van der Waals surface area contributed by atoms with Crippen molar-refractivity contribution in [2.24, 2.45) is 0 Å². The van der Waals surface area contributed by atoms with Crippen LogP contribution in [0.1, 0.15) is 23.5 Å². The zero-order valence-electron chi connectivity index (χ0n) is 9.13. The highest BCUT2D eigenvalue weighted by Crippen LogP contribution is 2.28. The molecule has 0 amide bonds. The first-order valence-corrected chi connectivity index (χ1v) is 5.64. The first kappa shape index (κ1) is 11.4. The Kier molecular flexibility index (Phi) is 3.46. The van der Waals surface area contributed by atoms with Gasteiger partial charge in [-0.1, -0.05) is 17.7 Å². The van der Waals surface area contributed by atoms with E-state index in [2.05, 4.69) is 5.32 Å². The molecule has 3 nitrogen and oxygen atoms in total. The van der Waals surface area contributed by atoms with Gasteiger partial charge in [-0.25, -0.2) is 0 Å². The third kappa shape index (κ3) is 2.36. The van der Waals surface area contributed by atoms with Crippen LogP contribution in [0.25, 0.3) is 0 Å². The SMILES string of the molecule is COC(=O)CC1CNCc2cc(Cl)ccc21. The average molecular weight is 240 g/mol. The number of esters is 1. The van der Waals surface area contributed by atoms with Crippen LogP contribution in [0.2, 0.25) is 5.02 Å². The number of nitrogens with one attached hydrogen (secondary N) is 1. The second kappa shape index (κ2) is 4.85. The summed E-state index contributed by atoms with van der Waals surface area (Å²) in [5.74, 6) is 0.0167. The normalized spacial score (nSPS) is 19.0. The van der Waals surface area contributed by atoms with Gasteiger partial charge in [-0.2, -0.15) is 0 Å². The van der Waals surface area contributed by atoms with Crippen LogP contribution in [0.3, 0.4) is 0 Å². The van der Waals surface area contributed by atoms with Crippen LogP contribution < -0.4 is 5.32 Å². The molecule has 1 aliphatic heterocycles. The van der Waals surface area contributed by atoms with Crippen LogP contribution in [0.15, 0.2) is 18.2 Å². The number of carbonyl (C=O) groups excluding carboxylic acids is 1. The highest BCUT2D eigenvalue weighted by atomic mass is 35.5. The summed E-state index contributed by atoms with van der Waals surface area (Å²) in [5.41, 5.74) is 2.38. The van der Waals surface area contributed by atoms with Crippen LogP contribution in [0, 0.1) is 0 Å². The van der Waals surface area contributed by atoms with E-state index in [0.29, 0.717) is 6.42 Å². The number of methoxy groups -OCH3 is 1. The zero-order chi connectivity index (χ0) is 11.5. The fourth-order valence-corrected chi connectivity index (χ4v) is 2.28. The molecule has 0 radical (unpaired) electrons. The smallest absolute Gasteiger partial charge is 0.306 e. The van der Waals surface area contributed by atoms with Gasteiger partial charge in [0.05, 0.1) is 13.5 Å². The van der Waals surface area contributed by atoms with Crippen molar-refractivity contribution in [1.29, 1.82) is 0 Å². The predicted octanol–water partition coefficient (Wildman–Crippen LogP) is 2.09. The predicted molar refractivity (Wildman–Crippen MR) is 62.5 cm³/mol. The van der Waals surface area contributed by atoms with E-state index < -0.39 is 0 Å². The Morgan fingerprint density at radius 1 is 1.62 bits per heavy atom. The summed E-state index contributed by atoms with van der Waals surface area (Å²) < 4.78 is 4.70. The molecule has 86 valence electrons. The molecule has 1 heterocycles. The van der Waals surface area contributed by atoms with Gasteiger partial charge >= 0.3 is 5.97 Å². The van der Waals surface area contributed by atoms with Crippen LogP contribution in [-0.4, -0.2) is 19.6 Å². The van der Waals surface area contributed by atoms with Crippen LogP contribution in [0.4, 0.5) is 0 Å². The molecule has 1 aromatic rings. The fraction of sp³-hybridized carbons (Fsp3) is 0.417. The van der Waals surface area contributed by atoms with E-state index in [9.17, 15) is 4.79 Å². The third-order valence-corrected chi connectivity index (χ3v) is 3.13. The molecule has 16 heavy (non-hydrogen) atoms. The molecule has 1 aliphatic rings. The Balaban J connectivity index is 2.23. The second-order valence-electron chi connectivity index (χ2n) is 3.95. The lowest BCUT2D eigenvalue weighted by atomic mass is 9.88. The van der Waals surface area contributed by atoms with E-state index in [0.717, 1.165) is 18.1 Å². The lowest BCUT2D eigenvalue weighted by Gasteiger charge is -2.25. The quantitative estimate of drug-likeness (QED) is 0.804. The second-order valence-corrected chi connectivity index (χ2v) is 4.39. The molecule has 1 atom stereocenters. The maximum absolute atomic E-state index is 11.3. The number of hydrogen-bond donors (Lipinski definition) is 1. The van der Waals surface area contributed by atoms with E-state index in [-0.39, 0.29) is 11.9 Å². The summed E-state index contributed by atoms with van der Waals surface area (Å²) in [6.07, 6.45) is 0.415. The van der Waals surface area contributed by atoms with Gasteiger partial charge in [-0.15, -0.1) is 0 Å². The summed E-state index contributed by atoms with van der Waals surface area (Å²) in [5, 5.41) is 4.02. The van der Waals surface area contributed by atoms with Gasteiger partial charge in [0.15, 0.2) is 0 Å². The molecule has 2 rings (SSSR count). The van der Waals surface area contributed by atoms with Crippen molar-refractivity contribution in [1.82, 2.24) is 5.32 Å². The van der Waals surface area contributed by atoms with Crippen molar-refractivity contribution in [2.45, 2.75) is 18.9 Å². The lowest BCUT2D eigenvalue weighted by Crippen LogP contribution is -2.29. The Bertz CT molecular complexity index is 406. The Labute approximate surface area is 99.7 Å². The number of halogens is 1. The zero-order valence-corrected chi connectivity index (χ0v) is 9.88. The van der Waals surface area contributed by atoms with E-state index in [1.54, 1.807) is 0 Å². The van der Waals surface area contributed by atoms with Crippen molar-refractivity contribution < 1.29 is 9.53 Å². The van der Waals surface area contributed by atoms with Crippen molar-refractivity contribution in [3.8, 4) is 0 Å². The number of ether oxygens (including phenoxy) is 1. The molecule has 0 aliphatic carbocycles. The molecule has 4 heteroatoms. The van der Waals surface area contributed by atoms with Gasteiger partial charge in [0, 0.05) is 24.0 Å². The van der Waals surface area contributed by atoms with Crippen LogP contribution in [-0.2, 0) is 16.1 Å². The molecule has 0 saturated heterocycles. The number of hydrogen-bond acceptors (Lipinski definition) is 3. The summed E-state index contributed by atoms with van der Waals surface area (Å²) in [7, 11) is 1.42. The summed E-state index contributed by atoms with van der Waals surface area (Å²) in [6, 6.07) is 5.83. The minimum absolute atomic E-state index is 0.172. The first-order chi connectivity index (χ1) is 7.70.